The fourth-order valence-corrected chi connectivity index (χ4v) is 3.60. The van der Waals surface area contributed by atoms with Crippen molar-refractivity contribution in [3.05, 3.63) is 29.8 Å². The van der Waals surface area contributed by atoms with Gasteiger partial charge in [-0.05, 0) is 56.8 Å². The first-order chi connectivity index (χ1) is 14.0. The van der Waals surface area contributed by atoms with Gasteiger partial charge in [0, 0.05) is 40.3 Å². The zero-order chi connectivity index (χ0) is 21.1. The number of methoxy groups -OCH3 is 1. The topological polar surface area (TPSA) is 69.2 Å². The van der Waals surface area contributed by atoms with E-state index >= 15 is 0 Å². The Balaban J connectivity index is 1.74. The van der Waals surface area contributed by atoms with Crippen molar-refractivity contribution in [2.75, 3.05) is 53.9 Å². The Kier molecular flexibility index (Phi) is 9.77. The van der Waals surface area contributed by atoms with Crippen LogP contribution in [0, 0.1) is 0 Å². The molecule has 1 aromatic rings. The minimum atomic E-state index is 0.0461. The van der Waals surface area contributed by atoms with Gasteiger partial charge in [0.15, 0.2) is 5.96 Å². The van der Waals surface area contributed by atoms with Gasteiger partial charge in [0.2, 0.25) is 5.91 Å². The molecule has 1 aliphatic heterocycles. The number of nitrogens with zero attached hydrogens (tertiary/aromatic N) is 3. The molecule has 1 heterocycles. The van der Waals surface area contributed by atoms with E-state index in [4.69, 9.17) is 9.73 Å². The van der Waals surface area contributed by atoms with Gasteiger partial charge in [0.1, 0.15) is 5.75 Å². The summed E-state index contributed by atoms with van der Waals surface area (Å²) < 4.78 is 5.20. The Labute approximate surface area is 175 Å². The van der Waals surface area contributed by atoms with Gasteiger partial charge in [0.25, 0.3) is 0 Å². The summed E-state index contributed by atoms with van der Waals surface area (Å²) in [6.07, 6.45) is 3.95. The van der Waals surface area contributed by atoms with Gasteiger partial charge >= 0.3 is 0 Å². The van der Waals surface area contributed by atoms with E-state index in [2.05, 4.69) is 34.6 Å². The second-order valence-electron chi connectivity index (χ2n) is 7.57. The molecule has 0 aliphatic carbocycles. The maximum Gasteiger partial charge on any atom is 0.239 e. The summed E-state index contributed by atoms with van der Waals surface area (Å²) >= 11 is 0. The monoisotopic (exact) mass is 403 g/mol. The van der Waals surface area contributed by atoms with E-state index < -0.39 is 0 Å². The number of carbonyl (C=O) groups excluding carboxylic acids is 1. The van der Waals surface area contributed by atoms with Crippen LogP contribution in [-0.4, -0.2) is 81.6 Å². The Morgan fingerprint density at radius 1 is 1.28 bits per heavy atom. The molecule has 1 aromatic carbocycles. The molecule has 1 saturated heterocycles. The summed E-state index contributed by atoms with van der Waals surface area (Å²) in [5.41, 5.74) is 1.26. The van der Waals surface area contributed by atoms with E-state index in [0.717, 1.165) is 70.1 Å². The number of aliphatic imine (C=N–C) groups is 1. The van der Waals surface area contributed by atoms with Crippen molar-refractivity contribution in [2.45, 2.75) is 38.6 Å². The van der Waals surface area contributed by atoms with Crippen LogP contribution in [0.5, 0.6) is 5.75 Å². The fourth-order valence-electron chi connectivity index (χ4n) is 3.60. The molecule has 7 heteroatoms. The molecule has 1 unspecified atom stereocenters. The van der Waals surface area contributed by atoms with Gasteiger partial charge in [-0.3, -0.25) is 14.7 Å². The van der Waals surface area contributed by atoms with Gasteiger partial charge in [-0.2, -0.15) is 0 Å². The van der Waals surface area contributed by atoms with Crippen LogP contribution in [0.4, 0.5) is 0 Å². The standard InChI is InChI=1S/C22H37N5O2/c1-5-23-22(25-15-13-18-9-11-19(29-4)12-10-18)24-14-7-17-27-16-6-8-20(27)21(28)26(2)3/h9-12,20H,5-8,13-17H2,1-4H3,(H2,23,24,25). The molecule has 1 atom stereocenters. The maximum absolute atomic E-state index is 12.3. The van der Waals surface area contributed by atoms with E-state index in [0.29, 0.717) is 0 Å². The third-order valence-electron chi connectivity index (χ3n) is 5.17. The minimum Gasteiger partial charge on any atom is -0.497 e. The lowest BCUT2D eigenvalue weighted by Gasteiger charge is -2.25. The molecule has 162 valence electrons. The number of likely N-dealkylation sites (tertiary alicyclic amines) is 1. The Bertz CT molecular complexity index is 645. The molecular weight excluding hydrogens is 366 g/mol. The lowest BCUT2D eigenvalue weighted by Crippen LogP contribution is -2.43. The first-order valence-electron chi connectivity index (χ1n) is 10.7. The predicted molar refractivity (Wildman–Crippen MR) is 119 cm³/mol. The summed E-state index contributed by atoms with van der Waals surface area (Å²) in [4.78, 5) is 21.0. The smallest absolute Gasteiger partial charge is 0.239 e. The van der Waals surface area contributed by atoms with E-state index in [1.165, 1.54) is 5.56 Å². The normalized spacial score (nSPS) is 17.2. The van der Waals surface area contributed by atoms with Crippen molar-refractivity contribution < 1.29 is 9.53 Å². The zero-order valence-electron chi connectivity index (χ0n) is 18.4. The molecule has 29 heavy (non-hydrogen) atoms. The second kappa shape index (κ2) is 12.3. The molecule has 0 radical (unpaired) electrons. The van der Waals surface area contributed by atoms with Crippen LogP contribution < -0.4 is 15.4 Å². The quantitative estimate of drug-likeness (QED) is 0.354. The van der Waals surface area contributed by atoms with Crippen molar-refractivity contribution in [3.8, 4) is 5.75 Å². The molecule has 1 aliphatic rings. The largest absolute Gasteiger partial charge is 0.497 e. The lowest BCUT2D eigenvalue weighted by molar-refractivity contribution is -0.133. The van der Waals surface area contributed by atoms with Crippen LogP contribution >= 0.6 is 0 Å². The zero-order valence-corrected chi connectivity index (χ0v) is 18.4. The van der Waals surface area contributed by atoms with E-state index in [1.807, 2.05) is 26.2 Å². The van der Waals surface area contributed by atoms with Gasteiger partial charge in [-0.1, -0.05) is 12.1 Å². The molecule has 0 bridgehead atoms. The van der Waals surface area contributed by atoms with Crippen molar-refractivity contribution in [3.63, 3.8) is 0 Å². The maximum atomic E-state index is 12.3. The first-order valence-corrected chi connectivity index (χ1v) is 10.7. The van der Waals surface area contributed by atoms with Crippen molar-refractivity contribution >= 4 is 11.9 Å². The Morgan fingerprint density at radius 2 is 2.03 bits per heavy atom. The number of hydrogen-bond acceptors (Lipinski definition) is 4. The predicted octanol–water partition coefficient (Wildman–Crippen LogP) is 1.74. The SMILES string of the molecule is CCNC(=NCCCN1CCCC1C(=O)N(C)C)NCCc1ccc(OC)cc1. The first kappa shape index (κ1) is 23.0. The molecule has 0 aromatic heterocycles. The van der Waals surface area contributed by atoms with Crippen molar-refractivity contribution in [1.82, 2.24) is 20.4 Å². The average Bonchev–Trinajstić information content (AvgIpc) is 3.19. The lowest BCUT2D eigenvalue weighted by atomic mass is 10.1. The van der Waals surface area contributed by atoms with E-state index in [-0.39, 0.29) is 11.9 Å². The number of hydrogen-bond donors (Lipinski definition) is 2. The highest BCUT2D eigenvalue weighted by molar-refractivity contribution is 5.81. The van der Waals surface area contributed by atoms with Gasteiger partial charge in [-0.25, -0.2) is 0 Å². The third-order valence-corrected chi connectivity index (χ3v) is 5.17. The summed E-state index contributed by atoms with van der Waals surface area (Å²) in [5, 5.41) is 6.70. The molecule has 2 N–H and O–H groups in total. The number of benzene rings is 1. The number of nitrogens with one attached hydrogen (secondary N) is 2. The number of carbonyl (C=O) groups is 1. The van der Waals surface area contributed by atoms with Crippen LogP contribution in [0.25, 0.3) is 0 Å². The Morgan fingerprint density at radius 3 is 2.69 bits per heavy atom. The van der Waals surface area contributed by atoms with Crippen LogP contribution in [-0.2, 0) is 11.2 Å². The number of rotatable bonds is 10. The van der Waals surface area contributed by atoms with E-state index in [1.54, 1.807) is 12.0 Å². The molecular formula is C22H37N5O2. The van der Waals surface area contributed by atoms with Crippen LogP contribution in [0.3, 0.4) is 0 Å². The van der Waals surface area contributed by atoms with Gasteiger partial charge < -0.3 is 20.3 Å². The van der Waals surface area contributed by atoms with Crippen LogP contribution in [0.15, 0.2) is 29.3 Å². The molecule has 2 rings (SSSR count). The Hall–Kier alpha value is -2.28. The fraction of sp³-hybridized carbons (Fsp3) is 0.636. The summed E-state index contributed by atoms with van der Waals surface area (Å²) in [5.74, 6) is 1.95. The second-order valence-corrected chi connectivity index (χ2v) is 7.57. The molecule has 1 fully saturated rings. The van der Waals surface area contributed by atoms with E-state index in [9.17, 15) is 4.79 Å². The minimum absolute atomic E-state index is 0.0461. The average molecular weight is 404 g/mol. The third kappa shape index (κ3) is 7.57. The highest BCUT2D eigenvalue weighted by atomic mass is 16.5. The highest BCUT2D eigenvalue weighted by Gasteiger charge is 2.30. The summed E-state index contributed by atoms with van der Waals surface area (Å²) in [7, 11) is 5.35. The molecule has 1 amide bonds. The van der Waals surface area contributed by atoms with Crippen LogP contribution in [0.1, 0.15) is 31.7 Å². The van der Waals surface area contributed by atoms with Gasteiger partial charge in [0.05, 0.1) is 13.2 Å². The molecule has 0 saturated carbocycles. The summed E-state index contributed by atoms with van der Waals surface area (Å²) in [6.45, 7) is 6.40. The number of guanidine groups is 1. The summed E-state index contributed by atoms with van der Waals surface area (Å²) in [6, 6.07) is 8.20. The number of amides is 1. The highest BCUT2D eigenvalue weighted by Crippen LogP contribution is 2.18. The van der Waals surface area contributed by atoms with Crippen molar-refractivity contribution in [1.29, 1.82) is 0 Å². The molecule has 7 nitrogen and oxygen atoms in total. The van der Waals surface area contributed by atoms with Crippen molar-refractivity contribution in [2.24, 2.45) is 4.99 Å². The van der Waals surface area contributed by atoms with Crippen LogP contribution in [0.2, 0.25) is 0 Å². The number of ether oxygens (including phenoxy) is 1. The van der Waals surface area contributed by atoms with Gasteiger partial charge in [-0.15, -0.1) is 0 Å². The molecule has 0 spiro atoms. The number of likely N-dealkylation sites (N-methyl/N-ethyl adjacent to an activating group) is 1.